The second-order valence-corrected chi connectivity index (χ2v) is 7.10. The highest BCUT2D eigenvalue weighted by atomic mass is 14.1. The zero-order chi connectivity index (χ0) is 18.6. The number of aryl methyl sites for hydroxylation is 2. The fraction of sp³-hybridized carbons (Fsp3) is 0.0769. The third-order valence-corrected chi connectivity index (χ3v) is 5.34. The molecule has 0 N–H and O–H groups in total. The molecular formula is C26H23B. The first-order valence-electron chi connectivity index (χ1n) is 9.51. The Morgan fingerprint density at radius 1 is 0.444 bits per heavy atom. The van der Waals surface area contributed by atoms with Gasteiger partial charge in [-0.2, -0.15) is 0 Å². The van der Waals surface area contributed by atoms with E-state index in [1.807, 2.05) is 0 Å². The molecule has 0 unspecified atom stereocenters. The van der Waals surface area contributed by atoms with Gasteiger partial charge in [0.2, 0.25) is 6.71 Å². The molecule has 0 aromatic heterocycles. The summed E-state index contributed by atoms with van der Waals surface area (Å²) in [7, 11) is 0. The van der Waals surface area contributed by atoms with Crippen LogP contribution in [-0.2, 0) is 0 Å². The van der Waals surface area contributed by atoms with E-state index in [4.69, 9.17) is 0 Å². The molecule has 27 heavy (non-hydrogen) atoms. The Morgan fingerprint density at radius 3 is 1.63 bits per heavy atom. The Hall–Kier alpha value is -3.06. The summed E-state index contributed by atoms with van der Waals surface area (Å²) >= 11 is 0. The number of hydrogen-bond donors (Lipinski definition) is 0. The molecule has 0 bridgehead atoms. The molecule has 0 amide bonds. The van der Waals surface area contributed by atoms with Crippen molar-refractivity contribution in [1.29, 1.82) is 0 Å². The maximum absolute atomic E-state index is 2.28. The molecule has 0 spiro atoms. The summed E-state index contributed by atoms with van der Waals surface area (Å²) in [4.78, 5) is 0. The Kier molecular flexibility index (Phi) is 4.94. The van der Waals surface area contributed by atoms with Crippen LogP contribution < -0.4 is 16.4 Å². The predicted molar refractivity (Wildman–Crippen MR) is 119 cm³/mol. The van der Waals surface area contributed by atoms with Crippen molar-refractivity contribution < 1.29 is 0 Å². The summed E-state index contributed by atoms with van der Waals surface area (Å²) in [6.45, 7) is 4.61. The molecular weight excluding hydrogens is 323 g/mol. The number of rotatable bonds is 4. The van der Waals surface area contributed by atoms with Gasteiger partial charge in [-0.25, -0.2) is 0 Å². The van der Waals surface area contributed by atoms with Crippen LogP contribution in [0.1, 0.15) is 11.1 Å². The zero-order valence-corrected chi connectivity index (χ0v) is 15.9. The first-order valence-corrected chi connectivity index (χ1v) is 9.51. The molecule has 0 saturated heterocycles. The van der Waals surface area contributed by atoms with E-state index < -0.39 is 0 Å². The molecule has 0 saturated carbocycles. The smallest absolute Gasteiger partial charge is 0.0686 e. The van der Waals surface area contributed by atoms with Gasteiger partial charge in [0.25, 0.3) is 0 Å². The SMILES string of the molecule is Cc1ccccc1B(c1ccccc1)c1ccccc1-c1ccccc1C. The van der Waals surface area contributed by atoms with Gasteiger partial charge < -0.3 is 0 Å². The lowest BCUT2D eigenvalue weighted by Crippen LogP contribution is -2.53. The van der Waals surface area contributed by atoms with Crippen LogP contribution in [0.3, 0.4) is 0 Å². The van der Waals surface area contributed by atoms with Crippen LogP contribution >= 0.6 is 0 Å². The van der Waals surface area contributed by atoms with E-state index in [0.717, 1.165) is 0 Å². The summed E-state index contributed by atoms with van der Waals surface area (Å²) in [6, 6.07) is 37.1. The lowest BCUT2D eigenvalue weighted by molar-refractivity contribution is 1.46. The van der Waals surface area contributed by atoms with Crippen LogP contribution in [0.4, 0.5) is 0 Å². The fourth-order valence-corrected chi connectivity index (χ4v) is 3.95. The van der Waals surface area contributed by atoms with E-state index in [0.29, 0.717) is 0 Å². The Bertz CT molecular complexity index is 1050. The lowest BCUT2D eigenvalue weighted by Gasteiger charge is -2.21. The van der Waals surface area contributed by atoms with E-state index in [1.165, 1.54) is 38.6 Å². The third-order valence-electron chi connectivity index (χ3n) is 5.34. The van der Waals surface area contributed by atoms with Crippen molar-refractivity contribution in [2.75, 3.05) is 0 Å². The minimum atomic E-state index is 0.211. The van der Waals surface area contributed by atoms with Crippen molar-refractivity contribution >= 4 is 23.1 Å². The molecule has 0 nitrogen and oxygen atoms in total. The average molecular weight is 346 g/mol. The van der Waals surface area contributed by atoms with E-state index in [9.17, 15) is 0 Å². The van der Waals surface area contributed by atoms with E-state index in [1.54, 1.807) is 0 Å². The third kappa shape index (κ3) is 3.46. The summed E-state index contributed by atoms with van der Waals surface area (Å²) in [6.07, 6.45) is 0. The molecule has 0 radical (unpaired) electrons. The second-order valence-electron chi connectivity index (χ2n) is 7.10. The fourth-order valence-electron chi connectivity index (χ4n) is 3.95. The van der Waals surface area contributed by atoms with Gasteiger partial charge in [-0.3, -0.25) is 0 Å². The van der Waals surface area contributed by atoms with Crippen LogP contribution in [0, 0.1) is 13.8 Å². The summed E-state index contributed by atoms with van der Waals surface area (Å²) < 4.78 is 0. The first kappa shape index (κ1) is 17.4. The zero-order valence-electron chi connectivity index (χ0n) is 15.9. The molecule has 0 aliphatic heterocycles. The van der Waals surface area contributed by atoms with Crippen molar-refractivity contribution in [3.63, 3.8) is 0 Å². The quantitative estimate of drug-likeness (QED) is 0.478. The summed E-state index contributed by atoms with van der Waals surface area (Å²) in [5.41, 5.74) is 9.30. The van der Waals surface area contributed by atoms with Crippen molar-refractivity contribution in [3.8, 4) is 11.1 Å². The van der Waals surface area contributed by atoms with Crippen molar-refractivity contribution in [2.24, 2.45) is 0 Å². The molecule has 130 valence electrons. The van der Waals surface area contributed by atoms with Crippen LogP contribution in [0.2, 0.25) is 0 Å². The highest BCUT2D eigenvalue weighted by Crippen LogP contribution is 2.22. The molecule has 0 aliphatic rings. The maximum Gasteiger partial charge on any atom is 0.242 e. The number of benzene rings is 4. The molecule has 4 rings (SSSR count). The van der Waals surface area contributed by atoms with Gasteiger partial charge in [-0.1, -0.05) is 125 Å². The Balaban J connectivity index is 1.98. The second kappa shape index (κ2) is 7.67. The summed E-state index contributed by atoms with van der Waals surface area (Å²) in [5.74, 6) is 0. The molecule has 0 atom stereocenters. The van der Waals surface area contributed by atoms with E-state index >= 15 is 0 Å². The first-order chi connectivity index (χ1) is 13.3. The average Bonchev–Trinajstić information content (AvgIpc) is 2.71. The van der Waals surface area contributed by atoms with Gasteiger partial charge in [0.15, 0.2) is 0 Å². The normalized spacial score (nSPS) is 10.6. The highest BCUT2D eigenvalue weighted by molar-refractivity contribution is 6.96. The molecule has 1 heteroatoms. The monoisotopic (exact) mass is 346 g/mol. The minimum Gasteiger partial charge on any atom is -0.0686 e. The topological polar surface area (TPSA) is 0 Å². The van der Waals surface area contributed by atoms with E-state index in [2.05, 4.69) is 117 Å². The van der Waals surface area contributed by atoms with Gasteiger partial charge in [-0.05, 0) is 30.5 Å². The molecule has 0 heterocycles. The lowest BCUT2D eigenvalue weighted by atomic mass is 9.35. The molecule has 4 aromatic rings. The van der Waals surface area contributed by atoms with Crippen LogP contribution in [0.15, 0.2) is 103 Å². The Morgan fingerprint density at radius 2 is 0.963 bits per heavy atom. The molecule has 0 fully saturated rings. The predicted octanol–water partition coefficient (Wildman–Crippen LogP) is 4.49. The van der Waals surface area contributed by atoms with Gasteiger partial charge in [0.05, 0.1) is 0 Å². The number of hydrogen-bond acceptors (Lipinski definition) is 0. The standard InChI is InChI=1S/C26H23B/c1-20-12-6-8-16-23(20)24-17-9-11-19-26(24)27(22-14-4-3-5-15-22)25-18-10-7-13-21(25)2/h3-19H,1-2H3. The molecule has 0 aliphatic carbocycles. The van der Waals surface area contributed by atoms with Crippen LogP contribution in [-0.4, -0.2) is 6.71 Å². The van der Waals surface area contributed by atoms with Gasteiger partial charge in [0, 0.05) is 0 Å². The van der Waals surface area contributed by atoms with Gasteiger partial charge in [0.1, 0.15) is 0 Å². The Labute approximate surface area is 162 Å². The van der Waals surface area contributed by atoms with E-state index in [-0.39, 0.29) is 6.71 Å². The summed E-state index contributed by atoms with van der Waals surface area (Å²) in [5, 5.41) is 0. The van der Waals surface area contributed by atoms with Crippen LogP contribution in [0.25, 0.3) is 11.1 Å². The highest BCUT2D eigenvalue weighted by Gasteiger charge is 2.25. The molecule has 4 aromatic carbocycles. The minimum absolute atomic E-state index is 0.211. The van der Waals surface area contributed by atoms with Gasteiger partial charge in [-0.15, -0.1) is 0 Å². The van der Waals surface area contributed by atoms with Crippen molar-refractivity contribution in [2.45, 2.75) is 13.8 Å². The largest absolute Gasteiger partial charge is 0.242 e. The van der Waals surface area contributed by atoms with Crippen molar-refractivity contribution in [3.05, 3.63) is 114 Å². The maximum atomic E-state index is 2.28. The van der Waals surface area contributed by atoms with Gasteiger partial charge >= 0.3 is 0 Å². The van der Waals surface area contributed by atoms with Crippen LogP contribution in [0.5, 0.6) is 0 Å². The van der Waals surface area contributed by atoms with Crippen molar-refractivity contribution in [1.82, 2.24) is 0 Å².